The van der Waals surface area contributed by atoms with Crippen LogP contribution in [0.1, 0.15) is 48.5 Å². The van der Waals surface area contributed by atoms with E-state index in [-0.39, 0.29) is 46.8 Å². The molecule has 1 atom stereocenters. The molecule has 3 aromatic rings. The van der Waals surface area contributed by atoms with Crippen molar-refractivity contribution in [1.82, 2.24) is 19.9 Å². The van der Waals surface area contributed by atoms with Crippen molar-refractivity contribution in [3.8, 4) is 11.4 Å². The van der Waals surface area contributed by atoms with Gasteiger partial charge in [-0.2, -0.15) is 0 Å². The summed E-state index contributed by atoms with van der Waals surface area (Å²) >= 11 is 5.73. The summed E-state index contributed by atoms with van der Waals surface area (Å²) < 4.78 is 15.2. The topological polar surface area (TPSA) is 99.5 Å². The molecule has 1 aliphatic rings. The second-order valence-electron chi connectivity index (χ2n) is 7.94. The predicted molar refractivity (Wildman–Crippen MR) is 111 cm³/mol. The van der Waals surface area contributed by atoms with Gasteiger partial charge in [0.05, 0.1) is 23.2 Å². The van der Waals surface area contributed by atoms with Gasteiger partial charge in [-0.15, -0.1) is 5.10 Å². The Kier molecular flexibility index (Phi) is 5.38. The van der Waals surface area contributed by atoms with Crippen molar-refractivity contribution in [2.45, 2.75) is 38.6 Å². The van der Waals surface area contributed by atoms with Crippen molar-refractivity contribution in [1.29, 1.82) is 0 Å². The summed E-state index contributed by atoms with van der Waals surface area (Å²) in [6.45, 7) is 3.64. The van der Waals surface area contributed by atoms with Crippen LogP contribution in [-0.2, 0) is 0 Å². The van der Waals surface area contributed by atoms with Gasteiger partial charge in [-0.3, -0.25) is 9.59 Å². The molecule has 30 heavy (non-hydrogen) atoms. The van der Waals surface area contributed by atoms with Crippen molar-refractivity contribution < 1.29 is 14.3 Å². The van der Waals surface area contributed by atoms with Gasteiger partial charge in [-0.1, -0.05) is 25.4 Å². The van der Waals surface area contributed by atoms with Crippen LogP contribution in [0.25, 0.3) is 16.9 Å². The molecule has 158 valence electrons. The molecule has 1 saturated carbocycles. The van der Waals surface area contributed by atoms with Crippen LogP contribution < -0.4 is 10.9 Å². The fourth-order valence-corrected chi connectivity index (χ4v) is 3.83. The molecule has 0 radical (unpaired) electrons. The monoisotopic (exact) mass is 432 g/mol. The summed E-state index contributed by atoms with van der Waals surface area (Å²) in [5.74, 6) is -0.653. The number of H-pyrrole nitrogens is 1. The van der Waals surface area contributed by atoms with Crippen LogP contribution >= 0.6 is 11.6 Å². The number of halogens is 2. The lowest BCUT2D eigenvalue weighted by molar-refractivity contribution is 0.0907. The zero-order valence-corrected chi connectivity index (χ0v) is 17.3. The SMILES string of the molecule is CC(C)c1c(C(=O)NC(CO)C2CC2)cn2nc(-c3ccc(Cl)c(F)c3)[nH]c(=O)c12. The van der Waals surface area contributed by atoms with E-state index in [9.17, 15) is 19.1 Å². The molecule has 7 nitrogen and oxygen atoms in total. The Morgan fingerprint density at radius 3 is 2.77 bits per heavy atom. The number of fused-ring (bicyclic) bond motifs is 1. The van der Waals surface area contributed by atoms with Crippen molar-refractivity contribution >= 4 is 23.0 Å². The quantitative estimate of drug-likeness (QED) is 0.557. The largest absolute Gasteiger partial charge is 0.394 e. The Morgan fingerprint density at radius 2 is 2.17 bits per heavy atom. The van der Waals surface area contributed by atoms with E-state index in [0.29, 0.717) is 16.7 Å². The number of rotatable bonds is 6. The summed E-state index contributed by atoms with van der Waals surface area (Å²) in [6.07, 6.45) is 3.46. The third kappa shape index (κ3) is 3.73. The van der Waals surface area contributed by atoms with Crippen molar-refractivity contribution in [3.63, 3.8) is 0 Å². The number of nitrogens with zero attached hydrogens (tertiary/aromatic N) is 2. The summed E-state index contributed by atoms with van der Waals surface area (Å²) in [7, 11) is 0. The Labute approximate surface area is 176 Å². The Hall–Kier alpha value is -2.71. The maximum absolute atomic E-state index is 13.9. The van der Waals surface area contributed by atoms with Crippen molar-refractivity contribution in [3.05, 3.63) is 56.7 Å². The first kappa shape index (κ1) is 20.6. The van der Waals surface area contributed by atoms with Crippen LogP contribution in [0.2, 0.25) is 5.02 Å². The van der Waals surface area contributed by atoms with Gasteiger partial charge in [-0.05, 0) is 42.9 Å². The number of aromatic nitrogens is 3. The van der Waals surface area contributed by atoms with Crippen molar-refractivity contribution in [2.75, 3.05) is 6.61 Å². The Bertz CT molecular complexity index is 1180. The predicted octanol–water partition coefficient (Wildman–Crippen LogP) is 3.11. The number of aliphatic hydroxyl groups excluding tert-OH is 1. The minimum Gasteiger partial charge on any atom is -0.394 e. The van der Waals surface area contributed by atoms with E-state index < -0.39 is 11.4 Å². The number of carbonyl (C=O) groups excluding carboxylic acids is 1. The lowest BCUT2D eigenvalue weighted by Crippen LogP contribution is -2.39. The zero-order chi connectivity index (χ0) is 21.6. The van der Waals surface area contributed by atoms with E-state index in [4.69, 9.17) is 11.6 Å². The van der Waals surface area contributed by atoms with Gasteiger partial charge in [0.1, 0.15) is 11.3 Å². The average molecular weight is 433 g/mol. The van der Waals surface area contributed by atoms with Crippen LogP contribution in [0.3, 0.4) is 0 Å². The summed E-state index contributed by atoms with van der Waals surface area (Å²) in [5.41, 5.74) is 1.10. The molecule has 1 amide bonds. The normalized spacial score (nSPS) is 15.0. The molecule has 0 saturated heterocycles. The second kappa shape index (κ2) is 7.85. The molecule has 1 aliphatic carbocycles. The third-order valence-electron chi connectivity index (χ3n) is 5.40. The average Bonchev–Trinajstić information content (AvgIpc) is 3.46. The number of benzene rings is 1. The van der Waals surface area contributed by atoms with Gasteiger partial charge in [0.15, 0.2) is 5.82 Å². The fourth-order valence-electron chi connectivity index (χ4n) is 3.71. The van der Waals surface area contributed by atoms with Crippen LogP contribution in [0.4, 0.5) is 4.39 Å². The number of nitrogens with one attached hydrogen (secondary N) is 2. The van der Waals surface area contributed by atoms with E-state index in [1.165, 1.54) is 22.8 Å². The lowest BCUT2D eigenvalue weighted by Gasteiger charge is -2.16. The van der Waals surface area contributed by atoms with E-state index in [0.717, 1.165) is 12.8 Å². The first-order valence-corrected chi connectivity index (χ1v) is 10.2. The number of amides is 1. The minimum absolute atomic E-state index is 0.0294. The molecule has 4 rings (SSSR count). The molecule has 2 heterocycles. The molecule has 1 unspecified atom stereocenters. The van der Waals surface area contributed by atoms with Gasteiger partial charge < -0.3 is 15.4 Å². The van der Waals surface area contributed by atoms with E-state index in [1.54, 1.807) is 6.07 Å². The number of hydrogen-bond acceptors (Lipinski definition) is 4. The van der Waals surface area contributed by atoms with E-state index >= 15 is 0 Å². The van der Waals surface area contributed by atoms with E-state index in [1.807, 2.05) is 13.8 Å². The van der Waals surface area contributed by atoms with Crippen LogP contribution in [-0.4, -0.2) is 38.3 Å². The number of carbonyl (C=O) groups is 1. The molecular weight excluding hydrogens is 411 g/mol. The molecule has 0 aliphatic heterocycles. The van der Waals surface area contributed by atoms with Gasteiger partial charge in [0.2, 0.25) is 0 Å². The highest BCUT2D eigenvalue weighted by atomic mass is 35.5. The smallest absolute Gasteiger partial charge is 0.275 e. The number of aromatic amines is 1. The highest BCUT2D eigenvalue weighted by Crippen LogP contribution is 2.33. The van der Waals surface area contributed by atoms with Gasteiger partial charge in [0, 0.05) is 17.3 Å². The standard InChI is InChI=1S/C21H22ClFN4O3/c1-10(2)17-13(20(29)24-16(9-28)11-3-4-11)8-27-18(17)21(30)25-19(26-27)12-5-6-14(22)15(23)7-12/h5-8,10-11,16,28H,3-4,9H2,1-2H3,(H,24,29)(H,25,26,30). The highest BCUT2D eigenvalue weighted by Gasteiger charge is 2.33. The Balaban J connectivity index is 1.80. The van der Waals surface area contributed by atoms with E-state index in [2.05, 4.69) is 15.4 Å². The first-order chi connectivity index (χ1) is 14.3. The molecule has 3 N–H and O–H groups in total. The highest BCUT2D eigenvalue weighted by molar-refractivity contribution is 6.30. The summed E-state index contributed by atoms with van der Waals surface area (Å²) in [5, 5.41) is 16.8. The zero-order valence-electron chi connectivity index (χ0n) is 16.6. The molecule has 1 fully saturated rings. The Morgan fingerprint density at radius 1 is 1.43 bits per heavy atom. The minimum atomic E-state index is -0.623. The molecule has 1 aromatic carbocycles. The summed E-state index contributed by atoms with van der Waals surface area (Å²) in [6, 6.07) is 3.82. The van der Waals surface area contributed by atoms with Gasteiger partial charge >= 0.3 is 0 Å². The molecule has 0 spiro atoms. The second-order valence-corrected chi connectivity index (χ2v) is 8.34. The lowest BCUT2D eigenvalue weighted by atomic mass is 9.99. The fraction of sp³-hybridized carbons (Fsp3) is 0.381. The maximum atomic E-state index is 13.9. The number of aliphatic hydroxyl groups is 1. The molecule has 0 bridgehead atoms. The first-order valence-electron chi connectivity index (χ1n) is 9.82. The van der Waals surface area contributed by atoms with Crippen LogP contribution in [0.15, 0.2) is 29.2 Å². The van der Waals surface area contributed by atoms with Gasteiger partial charge in [-0.25, -0.2) is 8.91 Å². The molecule has 9 heteroatoms. The van der Waals surface area contributed by atoms with Gasteiger partial charge in [0.25, 0.3) is 11.5 Å². The van der Waals surface area contributed by atoms with Crippen molar-refractivity contribution in [2.24, 2.45) is 5.92 Å². The third-order valence-corrected chi connectivity index (χ3v) is 5.71. The van der Waals surface area contributed by atoms with Crippen LogP contribution in [0.5, 0.6) is 0 Å². The summed E-state index contributed by atoms with van der Waals surface area (Å²) in [4.78, 5) is 28.5. The van der Waals surface area contributed by atoms with Crippen LogP contribution in [0, 0.1) is 11.7 Å². The molecular formula is C21H22ClFN4O3. The molecule has 2 aromatic heterocycles. The number of hydrogen-bond donors (Lipinski definition) is 3. The maximum Gasteiger partial charge on any atom is 0.275 e.